The first-order valence-electron chi connectivity index (χ1n) is 45.0. The molecular weight excluding hydrogens is 1490 g/mol. The van der Waals surface area contributed by atoms with Crippen molar-refractivity contribution in [2.75, 3.05) is 13.1 Å². The van der Waals surface area contributed by atoms with Gasteiger partial charge in [-0.2, -0.15) is 0 Å². The maximum Gasteiger partial charge on any atom is 0.146 e. The fraction of sp³-hybridized carbons (Fsp3) is 0.322. The maximum absolute atomic E-state index is 4.44. The van der Waals surface area contributed by atoms with E-state index in [-0.39, 0.29) is 54.1 Å². The minimum absolute atomic E-state index is 0.0251. The van der Waals surface area contributed by atoms with Gasteiger partial charge in [0, 0.05) is 173 Å². The number of hydrogen-bond acceptors (Lipinski definition) is 2. The monoisotopic (exact) mass is 1590 g/mol. The van der Waals surface area contributed by atoms with Gasteiger partial charge < -0.3 is 0 Å². The summed E-state index contributed by atoms with van der Waals surface area (Å²) in [7, 11) is -1.94. The molecular formula is C118H101N3Si. The third kappa shape index (κ3) is 11.5. The Hall–Kier alpha value is -12.6. The van der Waals surface area contributed by atoms with Gasteiger partial charge in [0.1, 0.15) is 8.07 Å². The van der Waals surface area contributed by atoms with Gasteiger partial charge in [0.2, 0.25) is 0 Å². The molecule has 15 aliphatic rings. The van der Waals surface area contributed by atoms with E-state index in [2.05, 4.69) is 402 Å². The summed E-state index contributed by atoms with van der Waals surface area (Å²) in [4.78, 5) is 0. The van der Waals surface area contributed by atoms with Gasteiger partial charge in [0.15, 0.2) is 0 Å². The van der Waals surface area contributed by atoms with Gasteiger partial charge in [-0.1, -0.05) is 313 Å². The predicted molar refractivity (Wildman–Crippen MR) is 500 cm³/mol. The van der Waals surface area contributed by atoms with E-state index in [0.29, 0.717) is 16.6 Å². The summed E-state index contributed by atoms with van der Waals surface area (Å²) >= 11 is 0. The van der Waals surface area contributed by atoms with E-state index < -0.39 is 8.07 Å². The molecule has 122 heavy (non-hydrogen) atoms. The highest BCUT2D eigenvalue weighted by Crippen LogP contribution is 2.76. The predicted octanol–water partition coefficient (Wildman–Crippen LogP) is 25.2. The summed E-state index contributed by atoms with van der Waals surface area (Å²) in [5.41, 5.74) is 26.0. The average molecular weight is 1590 g/mol. The molecule has 0 heterocycles. The summed E-state index contributed by atoms with van der Waals surface area (Å²) in [5.74, 6) is 69.9. The molecule has 4 heteroatoms. The highest BCUT2D eigenvalue weighted by atomic mass is 28.3. The molecule has 0 amide bonds. The number of allylic oxidation sites excluding steroid dienone is 30. The molecule has 5 aromatic carbocycles. The first-order valence-corrected chi connectivity index (χ1v) is 47.3. The van der Waals surface area contributed by atoms with Crippen LogP contribution in [0.3, 0.4) is 0 Å². The molecule has 0 aromatic heterocycles. The SMILES string of the molecule is CCN(CC)N=Nc1ccc(C#CC2=C(C#Cc3ccc(C#CC4=C(C#Cc5ccc(C#CC6=C(C#Cc7ccc(C#CC8=C(C#Cc9ccc(C#CC%10=C(C#C[Si](C(C)C)(C(C)C)C(C)C)[C@]%11%12C=CC=C[C@]%10%11CCC%12)cc9)[C@]9%10C=CC=C[C@]89CCC%10)cc7)[C@]78C=CC=C[C@]67CCC8)cc5)[C@@]56C=CC=C[C@@]45CCC6)cc3)[C@@]34C=CC=C[C@@]23CCC4)cc1. The van der Waals surface area contributed by atoms with Crippen LogP contribution in [0.1, 0.15) is 202 Å². The van der Waals surface area contributed by atoms with Crippen LogP contribution >= 0.6 is 0 Å². The summed E-state index contributed by atoms with van der Waals surface area (Å²) in [6, 6.07) is 42.1. The Balaban J connectivity index is 0.532. The first-order chi connectivity index (χ1) is 59.5. The number of hydrogen-bond donors (Lipinski definition) is 0. The van der Waals surface area contributed by atoms with Crippen LogP contribution in [-0.4, -0.2) is 26.2 Å². The Bertz CT molecular complexity index is 6560. The molecule has 15 aliphatic carbocycles. The Morgan fingerprint density at radius 1 is 0.246 bits per heavy atom. The van der Waals surface area contributed by atoms with Crippen molar-refractivity contribution in [1.29, 1.82) is 0 Å². The molecule has 0 N–H and O–H groups in total. The smallest absolute Gasteiger partial charge is 0.146 e. The quantitative estimate of drug-likeness (QED) is 0.0691. The van der Waals surface area contributed by atoms with Crippen molar-refractivity contribution in [3.05, 3.63) is 349 Å². The highest BCUT2D eigenvalue weighted by Gasteiger charge is 2.69. The topological polar surface area (TPSA) is 28.0 Å². The van der Waals surface area contributed by atoms with Crippen molar-refractivity contribution in [3.8, 4) is 118 Å². The van der Waals surface area contributed by atoms with Gasteiger partial charge >= 0.3 is 0 Å². The second-order valence-corrected chi connectivity index (χ2v) is 43.0. The summed E-state index contributed by atoms with van der Waals surface area (Å²) < 4.78 is 0. The average Bonchev–Trinajstić information content (AvgIpc) is 1.46. The molecule has 0 aliphatic heterocycles. The zero-order valence-corrected chi connectivity index (χ0v) is 72.7. The van der Waals surface area contributed by atoms with Crippen molar-refractivity contribution in [3.63, 3.8) is 0 Å². The van der Waals surface area contributed by atoms with Crippen LogP contribution in [0.25, 0.3) is 0 Å². The van der Waals surface area contributed by atoms with E-state index in [1.54, 1.807) is 0 Å². The van der Waals surface area contributed by atoms with Crippen molar-refractivity contribution >= 4 is 13.8 Å². The van der Waals surface area contributed by atoms with E-state index in [4.69, 9.17) is 0 Å². The third-order valence-corrected chi connectivity index (χ3v) is 37.7. The van der Waals surface area contributed by atoms with Gasteiger partial charge in [0.05, 0.1) is 5.69 Å². The van der Waals surface area contributed by atoms with E-state index in [1.807, 2.05) is 29.3 Å². The summed E-state index contributed by atoms with van der Waals surface area (Å²) in [6.07, 6.45) is 62.9. The number of nitrogens with zero attached hydrogens (tertiary/aromatic N) is 3. The van der Waals surface area contributed by atoms with Gasteiger partial charge in [-0.25, -0.2) is 0 Å². The van der Waals surface area contributed by atoms with Crippen LogP contribution < -0.4 is 0 Å². The normalized spacial score (nSPS) is 29.6. The van der Waals surface area contributed by atoms with Gasteiger partial charge in [-0.15, -0.1) is 10.7 Å². The highest BCUT2D eigenvalue weighted by molar-refractivity contribution is 6.90. The zero-order chi connectivity index (χ0) is 83.2. The Morgan fingerprint density at radius 3 is 0.574 bits per heavy atom. The molecule has 0 spiro atoms. The van der Waals surface area contributed by atoms with E-state index in [1.165, 1.54) is 17.6 Å². The second kappa shape index (κ2) is 29.9. The lowest BCUT2D eigenvalue weighted by Crippen LogP contribution is -2.49. The second-order valence-electron chi connectivity index (χ2n) is 37.4. The van der Waals surface area contributed by atoms with Crippen LogP contribution in [0.4, 0.5) is 5.69 Å². The number of benzene rings is 5. The van der Waals surface area contributed by atoms with Crippen LogP contribution in [0.2, 0.25) is 16.6 Å². The molecule has 592 valence electrons. The summed E-state index contributed by atoms with van der Waals surface area (Å²) in [5, 5.41) is 10.7. The lowest BCUT2D eigenvalue weighted by Gasteiger charge is -2.54. The zero-order valence-electron chi connectivity index (χ0n) is 71.7. The van der Waals surface area contributed by atoms with Crippen molar-refractivity contribution < 1.29 is 0 Å². The maximum atomic E-state index is 4.44. The first kappa shape index (κ1) is 78.0. The molecule has 5 aromatic rings. The van der Waals surface area contributed by atoms with E-state index in [0.717, 1.165) is 203 Å². The molecule has 3 nitrogen and oxygen atoms in total. The minimum atomic E-state index is -1.94. The van der Waals surface area contributed by atoms with Gasteiger partial charge in [-0.05, 0) is 216 Å². The standard InChI is InChI=1S/C118H101N3Si/c1-9-121(10-2)120-119-98-53-42-97(43-54-98)52-62-106-105(115-71-17-18-72-116(106,115)82-24-81-115)61-50-94-36-34-93(35-37-94)48-58-102-101(111-67-13-14-68-112(102,111)78-22-77-111)57-46-90-28-26-89(27-29-90)44-55-99-100(110-66-12-11-65-109(99,110)75-21-76-110)56-45-91-30-32-92(33-31-91)47-59-103-104(114-70-16-15-69-113(103,114)79-23-80-114)60-49-95-38-40-96(41-39-95)51-63-107-108(64-85-122(86(3)4,87(5)6)88(7)8)118-74-20-19-73-117(107,118)83-25-84-118/h11-20,26-43,53-54,65-74,86-88H,9-10,21-25,75-84H2,1-8H3/t109-,110+,111-,112+,113-,114+,115-,116+,117-,118+/m0/s1. The fourth-order valence-corrected chi connectivity index (χ4v) is 30.6. The van der Waals surface area contributed by atoms with Crippen LogP contribution in [-0.2, 0) is 0 Å². The molecule has 0 unspecified atom stereocenters. The Morgan fingerprint density at radius 2 is 0.410 bits per heavy atom. The van der Waals surface area contributed by atoms with Gasteiger partial charge in [-0.3, -0.25) is 5.01 Å². The molecule has 10 atom stereocenters. The molecule has 0 radical (unpaired) electrons. The lowest BCUT2D eigenvalue weighted by molar-refractivity contribution is 0.232. The largest absolute Gasteiger partial charge is 0.279 e. The van der Waals surface area contributed by atoms with Crippen LogP contribution in [0, 0.1) is 172 Å². The molecule has 5 fully saturated rings. The molecule has 0 saturated heterocycles. The fourth-order valence-electron chi connectivity index (χ4n) is 25.4. The van der Waals surface area contributed by atoms with Crippen molar-refractivity contribution in [2.45, 2.75) is 168 Å². The van der Waals surface area contributed by atoms with Crippen molar-refractivity contribution in [2.24, 2.45) is 64.5 Å². The molecule has 5 saturated carbocycles. The van der Waals surface area contributed by atoms with Gasteiger partial charge in [0.25, 0.3) is 0 Å². The number of rotatable bonds is 7. The Kier molecular flexibility index (Phi) is 19.1. The van der Waals surface area contributed by atoms with Crippen LogP contribution in [0.5, 0.6) is 0 Å². The van der Waals surface area contributed by atoms with Crippen molar-refractivity contribution in [1.82, 2.24) is 5.01 Å². The van der Waals surface area contributed by atoms with E-state index in [9.17, 15) is 0 Å². The lowest BCUT2D eigenvalue weighted by atomic mass is 9.47. The Labute approximate surface area is 726 Å². The third-order valence-electron chi connectivity index (χ3n) is 31.4. The van der Waals surface area contributed by atoms with Crippen LogP contribution in [0.15, 0.2) is 309 Å². The minimum Gasteiger partial charge on any atom is -0.279 e. The summed E-state index contributed by atoms with van der Waals surface area (Å²) in [6.45, 7) is 20.3. The molecule has 20 rings (SSSR count). The van der Waals surface area contributed by atoms with E-state index >= 15 is 0 Å². The molecule has 0 bridgehead atoms.